The molecular formula is C14H23NO4. The molecule has 0 heterocycles. The van der Waals surface area contributed by atoms with E-state index in [2.05, 4.69) is 5.32 Å². The molecule has 0 aromatic heterocycles. The minimum absolute atomic E-state index is 0.117. The zero-order valence-electron chi connectivity index (χ0n) is 11.2. The maximum absolute atomic E-state index is 12.1. The van der Waals surface area contributed by atoms with Crippen molar-refractivity contribution >= 4 is 11.9 Å². The highest BCUT2D eigenvalue weighted by molar-refractivity contribution is 5.85. The summed E-state index contributed by atoms with van der Waals surface area (Å²) in [4.78, 5) is 23.1. The van der Waals surface area contributed by atoms with Gasteiger partial charge in [-0.3, -0.25) is 9.59 Å². The summed E-state index contributed by atoms with van der Waals surface area (Å²) in [7, 11) is 0. The van der Waals surface area contributed by atoms with Crippen LogP contribution in [0.4, 0.5) is 0 Å². The first-order valence-corrected chi connectivity index (χ1v) is 7.25. The number of amides is 1. The molecule has 108 valence electrons. The van der Waals surface area contributed by atoms with Crippen molar-refractivity contribution < 1.29 is 19.8 Å². The predicted molar refractivity (Wildman–Crippen MR) is 69.4 cm³/mol. The quantitative estimate of drug-likeness (QED) is 0.695. The van der Waals surface area contributed by atoms with E-state index in [1.807, 2.05) is 0 Å². The van der Waals surface area contributed by atoms with Crippen LogP contribution in [0.5, 0.6) is 0 Å². The second-order valence-electron chi connectivity index (χ2n) is 5.86. The Kier molecular flexibility index (Phi) is 4.80. The van der Waals surface area contributed by atoms with Gasteiger partial charge in [0.25, 0.3) is 0 Å². The van der Waals surface area contributed by atoms with Crippen LogP contribution in [-0.2, 0) is 9.59 Å². The van der Waals surface area contributed by atoms with E-state index in [-0.39, 0.29) is 18.4 Å². The van der Waals surface area contributed by atoms with E-state index in [1.165, 1.54) is 0 Å². The number of aliphatic hydroxyl groups is 1. The van der Waals surface area contributed by atoms with Gasteiger partial charge in [-0.1, -0.05) is 12.8 Å². The highest BCUT2D eigenvalue weighted by Gasteiger charge is 2.38. The summed E-state index contributed by atoms with van der Waals surface area (Å²) in [6, 6.07) is 0. The highest BCUT2D eigenvalue weighted by Crippen LogP contribution is 2.33. The molecule has 4 atom stereocenters. The lowest BCUT2D eigenvalue weighted by Gasteiger charge is -2.20. The van der Waals surface area contributed by atoms with Crippen LogP contribution < -0.4 is 5.32 Å². The van der Waals surface area contributed by atoms with Crippen molar-refractivity contribution in [2.45, 2.75) is 38.5 Å². The Balaban J connectivity index is 1.82. The molecule has 2 saturated carbocycles. The molecule has 2 fully saturated rings. The molecule has 3 N–H and O–H groups in total. The molecule has 19 heavy (non-hydrogen) atoms. The van der Waals surface area contributed by atoms with Gasteiger partial charge >= 0.3 is 5.97 Å². The number of hydrogen-bond donors (Lipinski definition) is 3. The number of carboxylic acids is 1. The largest absolute Gasteiger partial charge is 0.481 e. The first kappa shape index (κ1) is 14.3. The standard InChI is InChI=1S/C14H23NO4/c16-8-10-4-1-3-9(10)7-15-13(17)11-5-2-6-12(11)14(18)19/h9-12,16H,1-8H2,(H,15,17)(H,18,19). The lowest BCUT2D eigenvalue weighted by Crippen LogP contribution is -2.38. The smallest absolute Gasteiger partial charge is 0.307 e. The van der Waals surface area contributed by atoms with Crippen molar-refractivity contribution in [1.82, 2.24) is 5.32 Å². The molecule has 5 nitrogen and oxygen atoms in total. The van der Waals surface area contributed by atoms with Gasteiger partial charge < -0.3 is 15.5 Å². The highest BCUT2D eigenvalue weighted by atomic mass is 16.4. The van der Waals surface area contributed by atoms with Gasteiger partial charge in [0.1, 0.15) is 0 Å². The fourth-order valence-corrected chi connectivity index (χ4v) is 3.55. The molecule has 2 aliphatic carbocycles. The summed E-state index contributed by atoms with van der Waals surface area (Å²) in [6.45, 7) is 0.759. The average Bonchev–Trinajstić information content (AvgIpc) is 3.04. The van der Waals surface area contributed by atoms with Crippen molar-refractivity contribution in [3.63, 3.8) is 0 Å². The maximum Gasteiger partial charge on any atom is 0.307 e. The third-order valence-corrected chi connectivity index (χ3v) is 4.76. The lowest BCUT2D eigenvalue weighted by molar-refractivity contribution is -0.146. The maximum atomic E-state index is 12.1. The van der Waals surface area contributed by atoms with E-state index in [4.69, 9.17) is 5.11 Å². The molecule has 1 amide bonds. The number of carbonyl (C=O) groups is 2. The molecule has 4 unspecified atom stereocenters. The van der Waals surface area contributed by atoms with Crippen molar-refractivity contribution in [2.75, 3.05) is 13.2 Å². The van der Waals surface area contributed by atoms with Gasteiger partial charge in [0.15, 0.2) is 0 Å². The van der Waals surface area contributed by atoms with Gasteiger partial charge in [0, 0.05) is 13.2 Å². The Hall–Kier alpha value is -1.10. The van der Waals surface area contributed by atoms with Gasteiger partial charge in [0.2, 0.25) is 5.91 Å². The number of carboxylic acid groups (broad SMARTS) is 1. The van der Waals surface area contributed by atoms with E-state index >= 15 is 0 Å². The predicted octanol–water partition coefficient (Wildman–Crippen LogP) is 1.01. The Bertz CT molecular complexity index is 344. The topological polar surface area (TPSA) is 86.6 Å². The monoisotopic (exact) mass is 269 g/mol. The van der Waals surface area contributed by atoms with E-state index in [1.54, 1.807) is 0 Å². The van der Waals surface area contributed by atoms with Crippen LogP contribution in [-0.4, -0.2) is 35.2 Å². The van der Waals surface area contributed by atoms with Gasteiger partial charge in [0.05, 0.1) is 11.8 Å². The van der Waals surface area contributed by atoms with Crippen LogP contribution in [0, 0.1) is 23.7 Å². The van der Waals surface area contributed by atoms with Crippen LogP contribution in [0.1, 0.15) is 38.5 Å². The second kappa shape index (κ2) is 6.37. The van der Waals surface area contributed by atoms with E-state index < -0.39 is 11.9 Å². The lowest BCUT2D eigenvalue weighted by atomic mass is 9.94. The Morgan fingerprint density at radius 1 is 1.00 bits per heavy atom. The van der Waals surface area contributed by atoms with Crippen molar-refractivity contribution in [1.29, 1.82) is 0 Å². The molecule has 0 spiro atoms. The fraction of sp³-hybridized carbons (Fsp3) is 0.857. The Morgan fingerprint density at radius 2 is 1.63 bits per heavy atom. The molecule has 2 rings (SSSR count). The normalized spacial score (nSPS) is 34.4. The van der Waals surface area contributed by atoms with Crippen LogP contribution >= 0.6 is 0 Å². The van der Waals surface area contributed by atoms with Crippen molar-refractivity contribution in [3.8, 4) is 0 Å². The number of carbonyl (C=O) groups excluding carboxylic acids is 1. The third kappa shape index (κ3) is 3.26. The summed E-state index contributed by atoms with van der Waals surface area (Å²) in [5.74, 6) is -1.22. The Labute approximate surface area is 113 Å². The molecule has 2 aliphatic rings. The summed E-state index contributed by atoms with van der Waals surface area (Å²) in [5, 5.41) is 21.2. The zero-order valence-corrected chi connectivity index (χ0v) is 11.2. The van der Waals surface area contributed by atoms with Crippen LogP contribution in [0.25, 0.3) is 0 Å². The first-order chi connectivity index (χ1) is 9.13. The average molecular weight is 269 g/mol. The van der Waals surface area contributed by atoms with Crippen LogP contribution in [0.3, 0.4) is 0 Å². The SMILES string of the molecule is O=C(O)C1CCCC1C(=O)NCC1CCCC1CO. The number of aliphatic hydroxyl groups excluding tert-OH is 1. The minimum atomic E-state index is -0.855. The van der Waals surface area contributed by atoms with Crippen molar-refractivity contribution in [3.05, 3.63) is 0 Å². The number of nitrogens with one attached hydrogen (secondary N) is 1. The molecule has 0 aliphatic heterocycles. The van der Waals surface area contributed by atoms with Gasteiger partial charge in [-0.05, 0) is 37.5 Å². The molecular weight excluding hydrogens is 246 g/mol. The summed E-state index contributed by atoms with van der Waals surface area (Å²) in [6.07, 6.45) is 5.27. The van der Waals surface area contributed by atoms with E-state index in [9.17, 15) is 14.7 Å². The number of aliphatic carboxylic acids is 1. The van der Waals surface area contributed by atoms with E-state index in [0.717, 1.165) is 25.7 Å². The minimum Gasteiger partial charge on any atom is -0.481 e. The van der Waals surface area contributed by atoms with Crippen LogP contribution in [0.2, 0.25) is 0 Å². The van der Waals surface area contributed by atoms with E-state index in [0.29, 0.717) is 31.2 Å². The molecule has 5 heteroatoms. The number of hydrogen-bond acceptors (Lipinski definition) is 3. The molecule has 0 aromatic rings. The van der Waals surface area contributed by atoms with Gasteiger partial charge in [-0.25, -0.2) is 0 Å². The summed E-state index contributed by atoms with van der Waals surface area (Å²) in [5.41, 5.74) is 0. The molecule has 0 aromatic carbocycles. The molecule has 0 radical (unpaired) electrons. The van der Waals surface area contributed by atoms with Gasteiger partial charge in [-0.15, -0.1) is 0 Å². The molecule has 0 saturated heterocycles. The third-order valence-electron chi connectivity index (χ3n) is 4.76. The summed E-state index contributed by atoms with van der Waals surface area (Å²) >= 11 is 0. The van der Waals surface area contributed by atoms with Gasteiger partial charge in [-0.2, -0.15) is 0 Å². The zero-order chi connectivity index (χ0) is 13.8. The summed E-state index contributed by atoms with van der Waals surface area (Å²) < 4.78 is 0. The second-order valence-corrected chi connectivity index (χ2v) is 5.86. The van der Waals surface area contributed by atoms with Crippen LogP contribution in [0.15, 0.2) is 0 Å². The first-order valence-electron chi connectivity index (χ1n) is 7.25. The number of rotatable bonds is 5. The fourth-order valence-electron chi connectivity index (χ4n) is 3.55. The van der Waals surface area contributed by atoms with Crippen molar-refractivity contribution in [2.24, 2.45) is 23.7 Å². The molecule has 0 bridgehead atoms. The Morgan fingerprint density at radius 3 is 2.32 bits per heavy atom.